The standard InChI is InChI=1S/C92H128N8O33S2/c1-18-63(124-10)74(81(105)93-32-20-34-95-134(120,121)71-45-54(61(101)47-64(71)125-11)79(103)52-28-24-49(3)25-29-52)58(87(111)112)42-69(130-16)77-57(83(107)99(85(77)109)38-22-35-96-135(122,123)72-46-55(62(102)48-65(72)126-12)80(104)53-30-26-50(4)27-31-53)41-68(129-15)76-56(84(108)100(86(76)110)39-23-37-98(8)9)40-67(128-14)75(82(106)94-33-21-36-97(6)7)59(88(113)114)43-70(131-17)78(91(118)132-19-2)60(89(115)116)44-66(127-13)73-51(5)90(117)133-92(73)119/h24-31,45-48,51,56-60,63,66-70,73-78,95-96,101-102H,18-23,32-44H2,1-17H3,(H,93,105)(H,94,106)(H,111,112)(H,113,114)(H,115,116). The van der Waals surface area contributed by atoms with Gasteiger partial charge in [-0.3, -0.25) is 76.9 Å². The van der Waals surface area contributed by atoms with Gasteiger partial charge >= 0.3 is 35.8 Å². The van der Waals surface area contributed by atoms with Gasteiger partial charge in [0.15, 0.2) is 11.6 Å². The monoisotopic (exact) mass is 1940 g/mol. The summed E-state index contributed by atoms with van der Waals surface area (Å²) in [5.41, 5.74) is 1.08. The number of ether oxygens (including phenoxy) is 10. The lowest BCUT2D eigenvalue weighted by molar-refractivity contribution is -0.169. The van der Waals surface area contributed by atoms with Crippen LogP contribution >= 0.6 is 0 Å². The number of hydrogen-bond donors (Lipinski definition) is 9. The Balaban J connectivity index is 1.30. The molecule has 6 amide bonds. The van der Waals surface area contributed by atoms with E-state index in [1.54, 1.807) is 83.0 Å². The molecule has 3 saturated heterocycles. The number of esters is 3. The number of phenolic OH excluding ortho intramolecular Hbond substituents is 2. The van der Waals surface area contributed by atoms with E-state index < -0.39 is 301 Å². The number of hydrogen-bond acceptors (Lipinski definition) is 32. The molecule has 4 aromatic carbocycles. The first-order valence-electron chi connectivity index (χ1n) is 44.2. The lowest BCUT2D eigenvalue weighted by atomic mass is 9.72. The van der Waals surface area contributed by atoms with E-state index in [1.807, 2.05) is 0 Å². The summed E-state index contributed by atoms with van der Waals surface area (Å²) >= 11 is 0. The van der Waals surface area contributed by atoms with E-state index in [2.05, 4.69) is 20.1 Å². The van der Waals surface area contributed by atoms with Gasteiger partial charge in [0.25, 0.3) is 0 Å². The lowest BCUT2D eigenvalue weighted by Gasteiger charge is -2.36. The van der Waals surface area contributed by atoms with Crippen LogP contribution in [0.5, 0.6) is 23.0 Å². The highest BCUT2D eigenvalue weighted by atomic mass is 32.2. The number of carboxylic acid groups (broad SMARTS) is 3. The first kappa shape index (κ1) is 111. The number of imide groups is 2. The molecule has 0 aromatic heterocycles. The first-order chi connectivity index (χ1) is 63.8. The minimum Gasteiger partial charge on any atom is -0.507 e. The Bertz CT molecular complexity index is 5110. The van der Waals surface area contributed by atoms with Crippen molar-refractivity contribution in [3.63, 3.8) is 0 Å². The molecule has 43 heteroatoms. The molecule has 0 saturated carbocycles. The molecule has 3 heterocycles. The average molecular weight is 1940 g/mol. The second kappa shape index (κ2) is 50.8. The second-order valence-electron chi connectivity index (χ2n) is 34.2. The number of nitrogens with zero attached hydrogens (tertiary/aromatic N) is 4. The van der Waals surface area contributed by atoms with Crippen molar-refractivity contribution in [3.05, 3.63) is 106 Å². The van der Waals surface area contributed by atoms with Gasteiger partial charge in [0.05, 0.1) is 140 Å². The minimum atomic E-state index is -4.75. The van der Waals surface area contributed by atoms with Crippen molar-refractivity contribution in [2.45, 2.75) is 145 Å². The van der Waals surface area contributed by atoms with Crippen LogP contribution in [0.2, 0.25) is 0 Å². The van der Waals surface area contributed by atoms with E-state index >= 15 is 24.0 Å². The number of sulfonamides is 2. The van der Waals surface area contributed by atoms with E-state index in [9.17, 15) is 85.5 Å². The molecule has 3 aliphatic heterocycles. The number of rotatable bonds is 59. The number of nitrogens with one attached hydrogen (secondary N) is 4. The molecule has 3 aliphatic rings. The zero-order valence-electron chi connectivity index (χ0n) is 79.0. The van der Waals surface area contributed by atoms with Gasteiger partial charge in [-0.1, -0.05) is 73.5 Å². The van der Waals surface area contributed by atoms with Crippen LogP contribution in [-0.4, -0.2) is 325 Å². The number of aryl methyl sites for hydroxylation is 2. The summed E-state index contributed by atoms with van der Waals surface area (Å²) < 4.78 is 118. The second-order valence-corrected chi connectivity index (χ2v) is 37.7. The summed E-state index contributed by atoms with van der Waals surface area (Å²) in [4.78, 5) is 207. The highest BCUT2D eigenvalue weighted by Crippen LogP contribution is 2.46. The van der Waals surface area contributed by atoms with Crippen LogP contribution in [0.3, 0.4) is 0 Å². The van der Waals surface area contributed by atoms with Gasteiger partial charge in [-0.25, -0.2) is 26.3 Å². The van der Waals surface area contributed by atoms with Crippen molar-refractivity contribution in [2.24, 2.45) is 71.0 Å². The SMILES string of the molecule is CCOC(=O)C(C(CC(C(=O)O)C(C(=O)NCCCN(C)C)C(CC1C(=O)N(CCCN(C)C)C(=O)C1C(CC1C(=O)N(CCCNS(=O)(=O)c2cc(C(=O)c3ccc(C)cc3)c(O)cc2OC)C(=O)C1C(CC(C(=O)O)C(C(=O)NCCCNS(=O)(=O)c1cc(C(=O)c2ccc(C)cc2)c(O)cc1OC)C(CC)OC)OC)OC)OC)OC)C(CC(OC)C1C(=O)OC(=O)C1C)C(=O)O. The van der Waals surface area contributed by atoms with Crippen molar-refractivity contribution in [3.8, 4) is 23.0 Å². The third-order valence-electron chi connectivity index (χ3n) is 25.1. The van der Waals surface area contributed by atoms with E-state index in [0.717, 1.165) is 95.0 Å². The Labute approximate surface area is 785 Å². The zero-order valence-corrected chi connectivity index (χ0v) is 80.7. The van der Waals surface area contributed by atoms with Crippen molar-refractivity contribution in [2.75, 3.05) is 144 Å². The molecule has 41 nitrogen and oxygen atoms in total. The summed E-state index contributed by atoms with van der Waals surface area (Å²) in [6, 6.07) is 16.3. The van der Waals surface area contributed by atoms with Gasteiger partial charge in [0.2, 0.25) is 55.5 Å². The van der Waals surface area contributed by atoms with E-state index in [-0.39, 0.29) is 80.9 Å². The molecule has 0 radical (unpaired) electrons. The molecule has 7 rings (SSSR count). The van der Waals surface area contributed by atoms with Crippen molar-refractivity contribution in [1.29, 1.82) is 0 Å². The van der Waals surface area contributed by atoms with Crippen LogP contribution in [0.25, 0.3) is 0 Å². The molecule has 4 aromatic rings. The lowest BCUT2D eigenvalue weighted by Crippen LogP contribution is -2.50. The average Bonchev–Trinajstić information content (AvgIpc) is 1.63. The smallest absolute Gasteiger partial charge is 0.320 e. The van der Waals surface area contributed by atoms with Crippen molar-refractivity contribution < 1.29 is 157 Å². The van der Waals surface area contributed by atoms with Crippen LogP contribution in [0, 0.1) is 84.9 Å². The van der Waals surface area contributed by atoms with Crippen LogP contribution in [0.15, 0.2) is 82.6 Å². The number of ketones is 2. The van der Waals surface area contributed by atoms with Crippen LogP contribution in [0.4, 0.5) is 0 Å². The van der Waals surface area contributed by atoms with E-state index in [0.29, 0.717) is 6.54 Å². The number of carboxylic acids is 3. The van der Waals surface area contributed by atoms with Gasteiger partial charge in [-0.05, 0) is 138 Å². The summed E-state index contributed by atoms with van der Waals surface area (Å²) in [6.07, 6.45) is -13.8. The van der Waals surface area contributed by atoms with Gasteiger partial charge in [-0.15, -0.1) is 0 Å². The first-order valence-corrected chi connectivity index (χ1v) is 47.2. The highest BCUT2D eigenvalue weighted by Gasteiger charge is 2.59. The highest BCUT2D eigenvalue weighted by molar-refractivity contribution is 7.90. The third kappa shape index (κ3) is 27.6. The maximum atomic E-state index is 15.9. The number of amides is 6. The Kier molecular flexibility index (Phi) is 41.9. The molecule has 0 bridgehead atoms. The molecule has 0 aliphatic carbocycles. The Morgan fingerprint density at radius 3 is 1.27 bits per heavy atom. The number of carbonyl (C=O) groups is 14. The normalized spacial score (nSPS) is 19.8. The zero-order chi connectivity index (χ0) is 101. The number of likely N-dealkylation sites (tertiary alicyclic amines) is 2. The predicted molar refractivity (Wildman–Crippen MR) is 480 cm³/mol. The summed E-state index contributed by atoms with van der Waals surface area (Å²) in [5, 5.41) is 61.6. The van der Waals surface area contributed by atoms with Gasteiger partial charge < -0.3 is 93.3 Å². The largest absolute Gasteiger partial charge is 0.507 e. The molecule has 18 unspecified atom stereocenters. The van der Waals surface area contributed by atoms with Gasteiger partial charge in [0.1, 0.15) is 32.8 Å². The number of cyclic esters (lactones) is 2. The Morgan fingerprint density at radius 2 is 0.867 bits per heavy atom. The van der Waals surface area contributed by atoms with Crippen LogP contribution in [0.1, 0.15) is 128 Å². The molecular formula is C92H128N8O33S2. The minimum absolute atomic E-state index is 0.0363. The summed E-state index contributed by atoms with van der Waals surface area (Å²) in [7, 11) is 6.53. The Hall–Kier alpha value is -10.8. The van der Waals surface area contributed by atoms with Crippen molar-refractivity contribution in [1.82, 2.24) is 39.7 Å². The summed E-state index contributed by atoms with van der Waals surface area (Å²) in [6.45, 7) is 5.91. The maximum absolute atomic E-state index is 15.9. The molecular weight excluding hydrogens is 1810 g/mol. The molecule has 18 atom stereocenters. The number of carbonyl (C=O) groups excluding carboxylic acids is 11. The van der Waals surface area contributed by atoms with E-state index in [4.69, 9.17) is 47.4 Å². The topological polar surface area (TPSA) is 562 Å². The molecule has 0 spiro atoms. The quantitative estimate of drug-likeness (QED) is 0.00995. The maximum Gasteiger partial charge on any atom is 0.320 e. The number of methoxy groups -OCH3 is 8. The van der Waals surface area contributed by atoms with Gasteiger partial charge in [0, 0.05) is 105 Å². The fraction of sp³-hybridized carbons (Fsp3) is 0.587. The molecule has 3 fully saturated rings. The molecule has 9 N–H and O–H groups in total. The van der Waals surface area contributed by atoms with Crippen LogP contribution < -0.4 is 29.6 Å². The number of aliphatic carboxylic acids is 3. The van der Waals surface area contributed by atoms with Gasteiger partial charge in [-0.2, -0.15) is 0 Å². The fourth-order valence-corrected chi connectivity index (χ4v) is 20.4. The predicted octanol–water partition coefficient (Wildman–Crippen LogP) is 3.87. The number of aromatic hydroxyl groups is 2. The third-order valence-corrected chi connectivity index (χ3v) is 28.1. The number of benzene rings is 4. The number of phenols is 2. The fourth-order valence-electron chi connectivity index (χ4n) is 17.9. The molecule has 135 heavy (non-hydrogen) atoms. The van der Waals surface area contributed by atoms with E-state index in [1.165, 1.54) is 45.2 Å². The summed E-state index contributed by atoms with van der Waals surface area (Å²) in [5.74, 6) is -38.9. The Morgan fingerprint density at radius 1 is 0.467 bits per heavy atom. The van der Waals surface area contributed by atoms with Crippen molar-refractivity contribution >= 4 is 103 Å². The van der Waals surface area contributed by atoms with Crippen LogP contribution in [-0.2, 0) is 115 Å². The molecule has 746 valence electrons.